The number of hydrogen-bond donors (Lipinski definition) is 3. The van der Waals surface area contributed by atoms with Gasteiger partial charge in [0.25, 0.3) is 0 Å². The van der Waals surface area contributed by atoms with Gasteiger partial charge in [0.2, 0.25) is 11.0 Å². The normalized spacial score (nSPS) is 17.2. The van der Waals surface area contributed by atoms with E-state index in [0.29, 0.717) is 51.5 Å². The fraction of sp³-hybridized carbons (Fsp3) is 0.231. The minimum Gasteiger partial charge on any atom is -0.478 e. The number of allylic oxidation sites excluding steroid dienone is 3. The minimum absolute atomic E-state index is 0.0103. The Labute approximate surface area is 231 Å². The maximum Gasteiger partial charge on any atom is 0.337 e. The van der Waals surface area contributed by atoms with Crippen molar-refractivity contribution in [2.24, 2.45) is 5.73 Å². The number of ketones is 1. The lowest BCUT2D eigenvalue weighted by Gasteiger charge is -2.37. The molecule has 0 radical (unpaired) electrons. The van der Waals surface area contributed by atoms with Crippen molar-refractivity contribution < 1.29 is 23.9 Å². The van der Waals surface area contributed by atoms with Crippen LogP contribution in [0.1, 0.15) is 47.1 Å². The summed E-state index contributed by atoms with van der Waals surface area (Å²) < 4.78 is 6.28. The average molecular weight is 563 g/mol. The van der Waals surface area contributed by atoms with Gasteiger partial charge in [-0.25, -0.2) is 4.79 Å². The first kappa shape index (κ1) is 26.2. The predicted molar refractivity (Wildman–Crippen MR) is 144 cm³/mol. The topological polar surface area (TPSA) is 175 Å². The van der Waals surface area contributed by atoms with E-state index in [9.17, 15) is 24.8 Å². The first-order valence-corrected chi connectivity index (χ1v) is 13.7. The number of carboxylic acids is 1. The third kappa shape index (κ3) is 5.04. The summed E-state index contributed by atoms with van der Waals surface area (Å²) in [6.45, 7) is 1.79. The fourth-order valence-electron chi connectivity index (χ4n) is 4.64. The summed E-state index contributed by atoms with van der Waals surface area (Å²) in [4.78, 5) is 38.7. The lowest BCUT2D eigenvalue weighted by atomic mass is 9.78. The number of aryl methyl sites for hydroxylation is 1. The maximum atomic E-state index is 13.1. The van der Waals surface area contributed by atoms with E-state index in [-0.39, 0.29) is 34.2 Å². The van der Waals surface area contributed by atoms with Crippen LogP contribution in [0, 0.1) is 18.3 Å². The summed E-state index contributed by atoms with van der Waals surface area (Å²) in [7, 11) is 0. The van der Waals surface area contributed by atoms with Crippen molar-refractivity contribution in [3.63, 3.8) is 0 Å². The number of nitriles is 1. The summed E-state index contributed by atoms with van der Waals surface area (Å²) >= 11 is 2.29. The summed E-state index contributed by atoms with van der Waals surface area (Å²) in [5.74, 6) is -1.05. The van der Waals surface area contributed by atoms with E-state index < -0.39 is 17.8 Å². The fourth-order valence-corrected chi connectivity index (χ4v) is 6.32. The Kier molecular flexibility index (Phi) is 7.23. The number of anilines is 2. The molecular formula is C26H22N6O5S2. The van der Waals surface area contributed by atoms with Crippen molar-refractivity contribution in [3.05, 3.63) is 76.1 Å². The van der Waals surface area contributed by atoms with Crippen LogP contribution in [0.2, 0.25) is 0 Å². The molecule has 1 atom stereocenters. The molecule has 1 aliphatic carbocycles. The lowest BCUT2D eigenvalue weighted by Crippen LogP contribution is -2.38. The number of Topliss-reactive ketones (excluding diaryl/α,β-unsaturated/α-hetero) is 1. The average Bonchev–Trinajstić information content (AvgIpc) is 3.56. The van der Waals surface area contributed by atoms with Gasteiger partial charge < -0.3 is 20.6 Å². The molecule has 0 saturated carbocycles. The number of carbonyl (C=O) groups excluding carboxylic acids is 2. The Bertz CT molecular complexity index is 1600. The Hall–Kier alpha value is -4.41. The lowest BCUT2D eigenvalue weighted by molar-refractivity contribution is -0.116. The molecule has 0 fully saturated rings. The third-order valence-electron chi connectivity index (χ3n) is 6.30. The Morgan fingerprint density at radius 1 is 1.28 bits per heavy atom. The highest BCUT2D eigenvalue weighted by Crippen LogP contribution is 2.47. The molecule has 1 amide bonds. The number of amides is 1. The molecular weight excluding hydrogens is 540 g/mol. The van der Waals surface area contributed by atoms with Gasteiger partial charge in [-0.15, -0.1) is 10.2 Å². The molecule has 11 nitrogen and oxygen atoms in total. The number of nitrogens with zero attached hydrogens (tertiary/aromatic N) is 4. The van der Waals surface area contributed by atoms with E-state index in [2.05, 4.69) is 21.6 Å². The number of thioether (sulfide) groups is 1. The Morgan fingerprint density at radius 2 is 2.08 bits per heavy atom. The Morgan fingerprint density at radius 3 is 2.79 bits per heavy atom. The number of nitrogens with one attached hydrogen (secondary N) is 1. The van der Waals surface area contributed by atoms with Crippen molar-refractivity contribution in [2.45, 2.75) is 36.4 Å². The zero-order valence-corrected chi connectivity index (χ0v) is 22.3. The van der Waals surface area contributed by atoms with Crippen LogP contribution in [-0.2, 0) is 9.59 Å². The smallest absolute Gasteiger partial charge is 0.337 e. The number of hydrogen-bond acceptors (Lipinski definition) is 11. The van der Waals surface area contributed by atoms with Gasteiger partial charge in [0, 0.05) is 17.7 Å². The highest BCUT2D eigenvalue weighted by molar-refractivity contribution is 8.01. The molecule has 5 rings (SSSR count). The number of furan rings is 1. The molecule has 3 aromatic rings. The summed E-state index contributed by atoms with van der Waals surface area (Å²) in [5.41, 5.74) is 8.05. The van der Waals surface area contributed by atoms with E-state index >= 15 is 0 Å². The maximum absolute atomic E-state index is 13.1. The van der Waals surface area contributed by atoms with Gasteiger partial charge in [0.05, 0.1) is 34.6 Å². The van der Waals surface area contributed by atoms with E-state index in [1.807, 2.05) is 0 Å². The summed E-state index contributed by atoms with van der Waals surface area (Å²) in [6, 6.07) is 11.8. The first-order valence-electron chi connectivity index (χ1n) is 11.9. The van der Waals surface area contributed by atoms with Crippen molar-refractivity contribution in [1.82, 2.24) is 10.2 Å². The molecule has 1 unspecified atom stereocenters. The third-order valence-corrected chi connectivity index (χ3v) is 8.35. The number of para-hydroxylation sites is 1. The minimum atomic E-state index is -1.14. The molecule has 4 N–H and O–H groups in total. The quantitative estimate of drug-likeness (QED) is 0.352. The number of nitrogens with two attached hydrogens (primary N) is 1. The second-order valence-corrected chi connectivity index (χ2v) is 11.0. The largest absolute Gasteiger partial charge is 0.478 e. The van der Waals surface area contributed by atoms with E-state index in [4.69, 9.17) is 10.2 Å². The van der Waals surface area contributed by atoms with Crippen molar-refractivity contribution in [3.8, 4) is 6.07 Å². The van der Waals surface area contributed by atoms with Crippen LogP contribution in [0.4, 0.5) is 10.8 Å². The molecule has 3 heterocycles. The molecule has 2 aliphatic rings. The summed E-state index contributed by atoms with van der Waals surface area (Å²) in [5, 5.41) is 30.8. The second kappa shape index (κ2) is 10.8. The molecule has 0 spiro atoms. The van der Waals surface area contributed by atoms with Crippen LogP contribution in [0.15, 0.2) is 67.8 Å². The molecule has 1 aliphatic heterocycles. The molecule has 13 heteroatoms. The highest BCUT2D eigenvalue weighted by atomic mass is 32.2. The molecule has 39 heavy (non-hydrogen) atoms. The van der Waals surface area contributed by atoms with Crippen LogP contribution in [0.5, 0.6) is 0 Å². The van der Waals surface area contributed by atoms with Gasteiger partial charge in [0.15, 0.2) is 10.1 Å². The molecule has 1 aromatic carbocycles. The molecule has 0 bridgehead atoms. The van der Waals surface area contributed by atoms with Crippen LogP contribution < -0.4 is 16.0 Å². The second-order valence-electron chi connectivity index (χ2n) is 8.80. The van der Waals surface area contributed by atoms with Gasteiger partial charge in [0.1, 0.15) is 17.3 Å². The van der Waals surface area contributed by atoms with Crippen molar-refractivity contribution in [1.29, 1.82) is 5.26 Å². The van der Waals surface area contributed by atoms with Gasteiger partial charge >= 0.3 is 5.97 Å². The van der Waals surface area contributed by atoms with Crippen molar-refractivity contribution in [2.75, 3.05) is 16.0 Å². The highest BCUT2D eigenvalue weighted by Gasteiger charge is 2.42. The summed E-state index contributed by atoms with van der Waals surface area (Å²) in [6.07, 6.45) is 1.55. The van der Waals surface area contributed by atoms with Gasteiger partial charge in [-0.1, -0.05) is 35.2 Å². The number of rotatable bonds is 7. The number of aromatic carboxylic acids is 1. The van der Waals surface area contributed by atoms with E-state index in [1.165, 1.54) is 23.5 Å². The predicted octanol–water partition coefficient (Wildman–Crippen LogP) is 4.17. The molecule has 2 aromatic heterocycles. The number of aromatic nitrogens is 2. The van der Waals surface area contributed by atoms with Gasteiger partial charge in [-0.05, 0) is 44.0 Å². The number of carbonyl (C=O) groups is 3. The molecule has 0 saturated heterocycles. The van der Waals surface area contributed by atoms with Crippen LogP contribution in [-0.4, -0.2) is 38.7 Å². The number of benzene rings is 1. The first-order chi connectivity index (χ1) is 18.8. The standard InChI is InChI=1S/C26H22N6O5S2/c1-13-9-10-19(37-13)21-15(11-27)23(28)32(17-7-4-8-18(33)22(17)21)25-30-31-26(39-25)38-12-20(34)29-16-6-3-2-5-14(16)24(35)36/h2-3,5-6,9-10,21H,4,7-8,12,28H2,1H3,(H,29,34)(H,35,36). The SMILES string of the molecule is Cc1ccc(C2C(C#N)=C(N)N(c3nnc(SCC(=O)Nc4ccccc4C(=O)O)s3)C3=C2C(=O)CCC3)o1. The van der Waals surface area contributed by atoms with Crippen LogP contribution >= 0.6 is 23.1 Å². The Balaban J connectivity index is 1.40. The van der Waals surface area contributed by atoms with E-state index in [0.717, 1.165) is 11.8 Å². The van der Waals surface area contributed by atoms with Crippen molar-refractivity contribution >= 4 is 51.6 Å². The van der Waals surface area contributed by atoms with Crippen LogP contribution in [0.25, 0.3) is 0 Å². The zero-order chi connectivity index (χ0) is 27.7. The number of carboxylic acid groups (broad SMARTS) is 1. The van der Waals surface area contributed by atoms with Gasteiger partial charge in [-0.3, -0.25) is 14.5 Å². The van der Waals surface area contributed by atoms with Crippen LogP contribution in [0.3, 0.4) is 0 Å². The molecule has 198 valence electrons. The monoisotopic (exact) mass is 562 g/mol. The van der Waals surface area contributed by atoms with Gasteiger partial charge in [-0.2, -0.15) is 5.26 Å². The zero-order valence-electron chi connectivity index (χ0n) is 20.6. The van der Waals surface area contributed by atoms with E-state index in [1.54, 1.807) is 36.1 Å².